The van der Waals surface area contributed by atoms with Crippen molar-refractivity contribution < 1.29 is 0 Å². The number of allylic oxidation sites excluding steroid dienone is 3. The first kappa shape index (κ1) is 11.0. The molecule has 11 heavy (non-hydrogen) atoms. The SMILES string of the molecule is CC/C(Cl)=C(Cl)\C=C\CCN. The highest BCUT2D eigenvalue weighted by Gasteiger charge is 1.93. The summed E-state index contributed by atoms with van der Waals surface area (Å²) in [6, 6.07) is 0. The second-order valence-electron chi connectivity index (χ2n) is 2.09. The predicted octanol–water partition coefficient (Wildman–Crippen LogP) is 2.99. The zero-order chi connectivity index (χ0) is 8.69. The van der Waals surface area contributed by atoms with Gasteiger partial charge in [0.05, 0.1) is 5.03 Å². The molecular weight excluding hydrogens is 181 g/mol. The summed E-state index contributed by atoms with van der Waals surface area (Å²) < 4.78 is 0. The van der Waals surface area contributed by atoms with Gasteiger partial charge in [-0.3, -0.25) is 0 Å². The molecule has 0 bridgehead atoms. The van der Waals surface area contributed by atoms with Crippen molar-refractivity contribution in [3.8, 4) is 0 Å². The lowest BCUT2D eigenvalue weighted by molar-refractivity contribution is 1.01. The first-order chi connectivity index (χ1) is 5.22. The van der Waals surface area contributed by atoms with Crippen molar-refractivity contribution in [3.63, 3.8) is 0 Å². The summed E-state index contributed by atoms with van der Waals surface area (Å²) in [5, 5.41) is 1.31. The van der Waals surface area contributed by atoms with Gasteiger partial charge in [0.15, 0.2) is 0 Å². The average Bonchev–Trinajstić information content (AvgIpc) is 2.03. The first-order valence-corrected chi connectivity index (χ1v) is 4.38. The van der Waals surface area contributed by atoms with E-state index >= 15 is 0 Å². The number of nitrogens with two attached hydrogens (primary N) is 1. The topological polar surface area (TPSA) is 26.0 Å². The van der Waals surface area contributed by atoms with E-state index < -0.39 is 0 Å². The minimum Gasteiger partial charge on any atom is -0.330 e. The van der Waals surface area contributed by atoms with E-state index in [0.29, 0.717) is 16.6 Å². The average molecular weight is 194 g/mol. The Labute approximate surface area is 77.9 Å². The molecule has 0 aliphatic rings. The van der Waals surface area contributed by atoms with Crippen molar-refractivity contribution in [1.82, 2.24) is 0 Å². The van der Waals surface area contributed by atoms with Crippen LogP contribution in [0.15, 0.2) is 22.2 Å². The summed E-state index contributed by atoms with van der Waals surface area (Å²) in [5.41, 5.74) is 5.28. The van der Waals surface area contributed by atoms with Gasteiger partial charge in [-0.15, -0.1) is 0 Å². The summed E-state index contributed by atoms with van der Waals surface area (Å²) in [6.07, 6.45) is 5.32. The van der Waals surface area contributed by atoms with Crippen molar-refractivity contribution >= 4 is 23.2 Å². The maximum Gasteiger partial charge on any atom is 0.0547 e. The summed E-state index contributed by atoms with van der Waals surface area (Å²) in [4.78, 5) is 0. The molecular formula is C8H13Cl2N. The Hall–Kier alpha value is 0.0200. The molecule has 0 heterocycles. The quantitative estimate of drug-likeness (QED) is 0.684. The van der Waals surface area contributed by atoms with Crippen LogP contribution in [-0.4, -0.2) is 6.54 Å². The molecule has 0 fully saturated rings. The van der Waals surface area contributed by atoms with E-state index in [1.165, 1.54) is 0 Å². The Morgan fingerprint density at radius 1 is 1.45 bits per heavy atom. The van der Waals surface area contributed by atoms with Crippen LogP contribution in [0.25, 0.3) is 0 Å². The zero-order valence-corrected chi connectivity index (χ0v) is 8.12. The van der Waals surface area contributed by atoms with Gasteiger partial charge < -0.3 is 5.73 Å². The van der Waals surface area contributed by atoms with E-state index in [1.54, 1.807) is 6.08 Å². The largest absolute Gasteiger partial charge is 0.330 e. The van der Waals surface area contributed by atoms with Crippen LogP contribution in [0.3, 0.4) is 0 Å². The zero-order valence-electron chi connectivity index (χ0n) is 6.61. The number of hydrogen-bond donors (Lipinski definition) is 1. The van der Waals surface area contributed by atoms with Gasteiger partial charge in [0.1, 0.15) is 0 Å². The van der Waals surface area contributed by atoms with Crippen molar-refractivity contribution in [2.24, 2.45) is 5.73 Å². The number of hydrogen-bond acceptors (Lipinski definition) is 1. The Balaban J connectivity index is 3.93. The monoisotopic (exact) mass is 193 g/mol. The third-order valence-corrected chi connectivity index (χ3v) is 2.09. The van der Waals surface area contributed by atoms with Crippen molar-refractivity contribution in [3.05, 3.63) is 22.2 Å². The van der Waals surface area contributed by atoms with E-state index in [2.05, 4.69) is 0 Å². The minimum absolute atomic E-state index is 0.614. The fourth-order valence-corrected chi connectivity index (χ4v) is 0.828. The van der Waals surface area contributed by atoms with Crippen LogP contribution in [0.2, 0.25) is 0 Å². The van der Waals surface area contributed by atoms with Crippen LogP contribution in [-0.2, 0) is 0 Å². The van der Waals surface area contributed by atoms with Crippen molar-refractivity contribution in [1.29, 1.82) is 0 Å². The third kappa shape index (κ3) is 5.31. The fraction of sp³-hybridized carbons (Fsp3) is 0.500. The summed E-state index contributed by atoms with van der Waals surface area (Å²) in [5.74, 6) is 0. The van der Waals surface area contributed by atoms with E-state index in [0.717, 1.165) is 12.8 Å². The molecule has 0 atom stereocenters. The highest BCUT2D eigenvalue weighted by molar-refractivity contribution is 6.40. The number of halogens is 2. The Morgan fingerprint density at radius 3 is 2.55 bits per heavy atom. The van der Waals surface area contributed by atoms with Gasteiger partial charge in [-0.2, -0.15) is 0 Å². The van der Waals surface area contributed by atoms with Gasteiger partial charge in [0.25, 0.3) is 0 Å². The molecule has 3 heteroatoms. The molecule has 0 unspecified atom stereocenters. The van der Waals surface area contributed by atoms with E-state index in [-0.39, 0.29) is 0 Å². The van der Waals surface area contributed by atoms with Crippen LogP contribution in [0.1, 0.15) is 19.8 Å². The molecule has 0 spiro atoms. The van der Waals surface area contributed by atoms with Crippen molar-refractivity contribution in [2.45, 2.75) is 19.8 Å². The van der Waals surface area contributed by atoms with Gasteiger partial charge in [-0.25, -0.2) is 0 Å². The van der Waals surface area contributed by atoms with Crippen LogP contribution in [0, 0.1) is 0 Å². The molecule has 0 saturated carbocycles. The van der Waals surface area contributed by atoms with Crippen LogP contribution in [0.4, 0.5) is 0 Å². The molecule has 0 rings (SSSR count). The lowest BCUT2D eigenvalue weighted by atomic mass is 10.3. The molecule has 64 valence electrons. The molecule has 0 aromatic carbocycles. The normalized spacial score (nSPS) is 13.8. The summed E-state index contributed by atoms with van der Waals surface area (Å²) in [6.45, 7) is 2.60. The molecule has 2 N–H and O–H groups in total. The first-order valence-electron chi connectivity index (χ1n) is 3.63. The van der Waals surface area contributed by atoms with Crippen LogP contribution < -0.4 is 5.73 Å². The van der Waals surface area contributed by atoms with Gasteiger partial charge >= 0.3 is 0 Å². The molecule has 0 amide bonds. The van der Waals surface area contributed by atoms with Gasteiger partial charge in [0.2, 0.25) is 0 Å². The highest BCUT2D eigenvalue weighted by atomic mass is 35.5. The molecule has 0 aromatic heterocycles. The molecule has 0 saturated heterocycles. The summed E-state index contributed by atoms with van der Waals surface area (Å²) >= 11 is 11.5. The van der Waals surface area contributed by atoms with E-state index in [1.807, 2.05) is 13.0 Å². The second-order valence-corrected chi connectivity index (χ2v) is 2.95. The fourth-order valence-electron chi connectivity index (χ4n) is 0.542. The molecule has 0 radical (unpaired) electrons. The maximum absolute atomic E-state index is 5.79. The van der Waals surface area contributed by atoms with Crippen LogP contribution in [0.5, 0.6) is 0 Å². The Morgan fingerprint density at radius 2 is 2.09 bits per heavy atom. The second kappa shape index (κ2) is 6.71. The molecule has 0 aliphatic carbocycles. The lowest BCUT2D eigenvalue weighted by Gasteiger charge is -1.93. The highest BCUT2D eigenvalue weighted by Crippen LogP contribution is 2.17. The minimum atomic E-state index is 0.614. The van der Waals surface area contributed by atoms with E-state index in [4.69, 9.17) is 28.9 Å². The van der Waals surface area contributed by atoms with Gasteiger partial charge in [0, 0.05) is 5.03 Å². The molecule has 0 aliphatic heterocycles. The lowest BCUT2D eigenvalue weighted by Crippen LogP contribution is -1.95. The van der Waals surface area contributed by atoms with Gasteiger partial charge in [-0.05, 0) is 25.5 Å². The van der Waals surface area contributed by atoms with Gasteiger partial charge in [-0.1, -0.05) is 36.2 Å². The Bertz CT molecular complexity index is 161. The Kier molecular flexibility index (Phi) is 6.73. The van der Waals surface area contributed by atoms with E-state index in [9.17, 15) is 0 Å². The third-order valence-electron chi connectivity index (χ3n) is 1.17. The van der Waals surface area contributed by atoms with Crippen LogP contribution >= 0.6 is 23.2 Å². The summed E-state index contributed by atoms with van der Waals surface area (Å²) in [7, 11) is 0. The molecule has 0 aromatic rings. The number of rotatable bonds is 4. The maximum atomic E-state index is 5.79. The standard InChI is InChI=1S/C8H13Cl2N/c1-2-7(9)8(10)5-3-4-6-11/h3,5H,2,4,6,11H2,1H3/b5-3+,8-7-. The van der Waals surface area contributed by atoms with Crippen molar-refractivity contribution in [2.75, 3.05) is 6.54 Å². The predicted molar refractivity (Wildman–Crippen MR) is 51.8 cm³/mol. The smallest absolute Gasteiger partial charge is 0.0547 e. The molecule has 1 nitrogen and oxygen atoms in total.